The van der Waals surface area contributed by atoms with Crippen LogP contribution in [0.1, 0.15) is 26.3 Å². The average Bonchev–Trinajstić information content (AvgIpc) is 2.38. The highest BCUT2D eigenvalue weighted by atomic mass is 19.1. The number of aliphatic carboxylic acids is 1. The number of rotatable bonds is 6. The molecule has 116 valence electrons. The second kappa shape index (κ2) is 7.61. The number of carboxylic acids is 1. The molecule has 1 unspecified atom stereocenters. The highest BCUT2D eigenvalue weighted by molar-refractivity contribution is 5.82. The van der Waals surface area contributed by atoms with Crippen molar-refractivity contribution in [2.24, 2.45) is 5.92 Å². The summed E-state index contributed by atoms with van der Waals surface area (Å²) < 4.78 is 12.8. The molecule has 5 nitrogen and oxygen atoms in total. The monoisotopic (exact) mass is 296 g/mol. The van der Waals surface area contributed by atoms with Crippen LogP contribution in [0.4, 0.5) is 9.18 Å². The smallest absolute Gasteiger partial charge is 0.326 e. The number of hydrogen-bond donors (Lipinski definition) is 3. The first-order chi connectivity index (χ1) is 9.79. The van der Waals surface area contributed by atoms with Crippen LogP contribution in [0.5, 0.6) is 0 Å². The highest BCUT2D eigenvalue weighted by Gasteiger charge is 2.23. The molecule has 6 heteroatoms. The van der Waals surface area contributed by atoms with E-state index in [-0.39, 0.29) is 17.8 Å². The van der Waals surface area contributed by atoms with Gasteiger partial charge in [-0.05, 0) is 37.0 Å². The number of carbonyl (C=O) groups excluding carboxylic acids is 1. The normalized spacial score (nSPS) is 13.6. The lowest BCUT2D eigenvalue weighted by molar-refractivity contribution is -0.140. The molecule has 1 aromatic carbocycles. The largest absolute Gasteiger partial charge is 0.480 e. The van der Waals surface area contributed by atoms with Gasteiger partial charge in [-0.1, -0.05) is 26.0 Å². The fraction of sp³-hybridized carbons (Fsp3) is 0.467. The first-order valence-electron chi connectivity index (χ1n) is 6.84. The number of carbonyl (C=O) groups is 2. The minimum atomic E-state index is -1.06. The van der Waals surface area contributed by atoms with Crippen LogP contribution in [-0.2, 0) is 11.2 Å². The topological polar surface area (TPSA) is 78.4 Å². The molecule has 2 amide bonds. The van der Waals surface area contributed by atoms with Gasteiger partial charge in [-0.25, -0.2) is 14.0 Å². The third-order valence-electron chi connectivity index (χ3n) is 3.05. The maximum atomic E-state index is 12.8. The zero-order chi connectivity index (χ0) is 16.0. The molecule has 0 saturated heterocycles. The third-order valence-corrected chi connectivity index (χ3v) is 3.05. The van der Waals surface area contributed by atoms with Crippen LogP contribution >= 0.6 is 0 Å². The van der Waals surface area contributed by atoms with Gasteiger partial charge in [0.25, 0.3) is 0 Å². The van der Waals surface area contributed by atoms with Crippen molar-refractivity contribution in [2.45, 2.75) is 39.3 Å². The Morgan fingerprint density at radius 1 is 1.14 bits per heavy atom. The van der Waals surface area contributed by atoms with Gasteiger partial charge in [-0.15, -0.1) is 0 Å². The Kier molecular flexibility index (Phi) is 6.14. The minimum Gasteiger partial charge on any atom is -0.480 e. The molecule has 1 rings (SSSR count). The predicted octanol–water partition coefficient (Wildman–Crippen LogP) is 2.17. The van der Waals surface area contributed by atoms with Crippen molar-refractivity contribution in [3.8, 4) is 0 Å². The molecule has 0 bridgehead atoms. The van der Waals surface area contributed by atoms with Gasteiger partial charge in [0.15, 0.2) is 0 Å². The first-order valence-corrected chi connectivity index (χ1v) is 6.84. The predicted molar refractivity (Wildman–Crippen MR) is 77.5 cm³/mol. The average molecular weight is 296 g/mol. The van der Waals surface area contributed by atoms with Crippen LogP contribution in [0, 0.1) is 11.7 Å². The van der Waals surface area contributed by atoms with Gasteiger partial charge in [0, 0.05) is 6.04 Å². The molecule has 0 aromatic heterocycles. The molecule has 0 heterocycles. The van der Waals surface area contributed by atoms with Gasteiger partial charge in [-0.3, -0.25) is 0 Å². The number of hydrogen-bond acceptors (Lipinski definition) is 2. The van der Waals surface area contributed by atoms with Gasteiger partial charge < -0.3 is 15.7 Å². The van der Waals surface area contributed by atoms with Crippen LogP contribution in [0.3, 0.4) is 0 Å². The van der Waals surface area contributed by atoms with Gasteiger partial charge in [0.2, 0.25) is 0 Å². The van der Waals surface area contributed by atoms with Crippen LogP contribution in [0.25, 0.3) is 0 Å². The van der Waals surface area contributed by atoms with E-state index in [4.69, 9.17) is 5.11 Å². The minimum absolute atomic E-state index is 0.197. The van der Waals surface area contributed by atoms with Crippen molar-refractivity contribution in [3.05, 3.63) is 35.6 Å². The van der Waals surface area contributed by atoms with Crippen LogP contribution in [0.15, 0.2) is 24.3 Å². The molecule has 0 aliphatic rings. The van der Waals surface area contributed by atoms with Crippen LogP contribution < -0.4 is 10.6 Å². The van der Waals surface area contributed by atoms with Gasteiger partial charge in [0.1, 0.15) is 11.9 Å². The SMILES string of the molecule is CC(Cc1ccc(F)cc1)NC(=O)N[C@@H](C(=O)O)C(C)C. The molecule has 21 heavy (non-hydrogen) atoms. The molecule has 0 spiro atoms. The maximum Gasteiger partial charge on any atom is 0.326 e. The summed E-state index contributed by atoms with van der Waals surface area (Å²) in [7, 11) is 0. The first kappa shape index (κ1) is 16.9. The van der Waals surface area contributed by atoms with Crippen molar-refractivity contribution in [3.63, 3.8) is 0 Å². The van der Waals surface area contributed by atoms with E-state index in [2.05, 4.69) is 10.6 Å². The van der Waals surface area contributed by atoms with E-state index in [1.165, 1.54) is 12.1 Å². The van der Waals surface area contributed by atoms with Gasteiger partial charge in [-0.2, -0.15) is 0 Å². The molecule has 3 N–H and O–H groups in total. The van der Waals surface area contributed by atoms with Gasteiger partial charge >= 0.3 is 12.0 Å². The Balaban J connectivity index is 2.50. The standard InChI is InChI=1S/C15H21FN2O3/c1-9(2)13(14(19)20)18-15(21)17-10(3)8-11-4-6-12(16)7-5-11/h4-7,9-10,13H,8H2,1-3H3,(H,19,20)(H2,17,18,21)/t10?,13-/m1/s1. The van der Waals surface area contributed by atoms with Crippen molar-refractivity contribution in [1.29, 1.82) is 0 Å². The Hall–Kier alpha value is -2.11. The van der Waals surface area contributed by atoms with E-state index in [1.807, 2.05) is 0 Å². The number of carboxylic acid groups (broad SMARTS) is 1. The number of urea groups is 1. The lowest BCUT2D eigenvalue weighted by Crippen LogP contribution is -2.50. The molecular formula is C15H21FN2O3. The number of benzene rings is 1. The summed E-state index contributed by atoms with van der Waals surface area (Å²) in [5.74, 6) is -1.58. The quantitative estimate of drug-likeness (QED) is 0.752. The summed E-state index contributed by atoms with van der Waals surface area (Å²) >= 11 is 0. The van der Waals surface area contributed by atoms with E-state index >= 15 is 0 Å². The highest BCUT2D eigenvalue weighted by Crippen LogP contribution is 2.06. The zero-order valence-corrected chi connectivity index (χ0v) is 12.4. The van der Waals surface area contributed by atoms with E-state index < -0.39 is 18.0 Å². The molecule has 0 fully saturated rings. The zero-order valence-electron chi connectivity index (χ0n) is 12.4. The molecule has 0 radical (unpaired) electrons. The van der Waals surface area contributed by atoms with Crippen molar-refractivity contribution >= 4 is 12.0 Å². The van der Waals surface area contributed by atoms with E-state index in [1.54, 1.807) is 32.9 Å². The lowest BCUT2D eigenvalue weighted by atomic mass is 10.1. The molecule has 1 aromatic rings. The Morgan fingerprint density at radius 3 is 2.19 bits per heavy atom. The number of halogens is 1. The van der Waals surface area contributed by atoms with E-state index in [0.29, 0.717) is 6.42 Å². The molecule has 2 atom stereocenters. The fourth-order valence-corrected chi connectivity index (χ4v) is 1.95. The summed E-state index contributed by atoms with van der Waals surface area (Å²) in [6.07, 6.45) is 0.535. The third kappa shape index (κ3) is 5.81. The summed E-state index contributed by atoms with van der Waals surface area (Å²) in [6, 6.07) is 4.38. The maximum absolute atomic E-state index is 12.8. The van der Waals surface area contributed by atoms with Crippen molar-refractivity contribution in [1.82, 2.24) is 10.6 Å². The van der Waals surface area contributed by atoms with Gasteiger partial charge in [0.05, 0.1) is 0 Å². The molecule has 0 saturated carbocycles. The second-order valence-corrected chi connectivity index (χ2v) is 5.41. The Bertz CT molecular complexity index is 488. The summed E-state index contributed by atoms with van der Waals surface area (Å²) in [5, 5.41) is 14.1. The second-order valence-electron chi connectivity index (χ2n) is 5.41. The summed E-state index contributed by atoms with van der Waals surface area (Å²) in [4.78, 5) is 22.8. The van der Waals surface area contributed by atoms with Crippen molar-refractivity contribution < 1.29 is 19.1 Å². The molecule has 0 aliphatic heterocycles. The fourth-order valence-electron chi connectivity index (χ4n) is 1.95. The number of amides is 2. The van der Waals surface area contributed by atoms with Crippen molar-refractivity contribution in [2.75, 3.05) is 0 Å². The molecular weight excluding hydrogens is 275 g/mol. The lowest BCUT2D eigenvalue weighted by Gasteiger charge is -2.20. The summed E-state index contributed by atoms with van der Waals surface area (Å²) in [6.45, 7) is 5.25. The van der Waals surface area contributed by atoms with E-state index in [0.717, 1.165) is 5.56 Å². The Labute approximate surface area is 123 Å². The van der Waals surface area contributed by atoms with Crippen LogP contribution in [-0.4, -0.2) is 29.2 Å². The van der Waals surface area contributed by atoms with E-state index in [9.17, 15) is 14.0 Å². The molecule has 0 aliphatic carbocycles. The number of nitrogens with one attached hydrogen (secondary N) is 2. The Morgan fingerprint density at radius 2 is 1.71 bits per heavy atom. The summed E-state index contributed by atoms with van der Waals surface area (Å²) in [5.41, 5.74) is 0.892. The van der Waals surface area contributed by atoms with Crippen LogP contribution in [0.2, 0.25) is 0 Å².